The number of urea groups is 1. The van der Waals surface area contributed by atoms with E-state index in [1.165, 1.54) is 11.9 Å². The van der Waals surface area contributed by atoms with Crippen molar-refractivity contribution in [3.8, 4) is 0 Å². The molecule has 1 fully saturated rings. The maximum absolute atomic E-state index is 12.0. The van der Waals surface area contributed by atoms with Gasteiger partial charge in [-0.25, -0.2) is 9.59 Å². The van der Waals surface area contributed by atoms with Gasteiger partial charge in [-0.05, 0) is 12.8 Å². The van der Waals surface area contributed by atoms with Crippen molar-refractivity contribution in [1.29, 1.82) is 0 Å². The number of nitrogens with zero attached hydrogens (tertiary/aromatic N) is 1. The Kier molecular flexibility index (Phi) is 6.11. The van der Waals surface area contributed by atoms with E-state index in [4.69, 9.17) is 5.11 Å². The SMILES string of the molecule is CNC(=O)CCNC(=O)N1CCCCCC1C(=O)O. The highest BCUT2D eigenvalue weighted by Crippen LogP contribution is 2.17. The van der Waals surface area contributed by atoms with E-state index in [1.807, 2.05) is 0 Å². The molecule has 1 atom stereocenters. The molecule has 7 nitrogen and oxygen atoms in total. The van der Waals surface area contributed by atoms with Crippen LogP contribution in [0.3, 0.4) is 0 Å². The highest BCUT2D eigenvalue weighted by Gasteiger charge is 2.30. The van der Waals surface area contributed by atoms with Gasteiger partial charge in [-0.2, -0.15) is 0 Å². The summed E-state index contributed by atoms with van der Waals surface area (Å²) in [4.78, 5) is 35.5. The first-order chi connectivity index (χ1) is 9.06. The maximum atomic E-state index is 12.0. The number of carbonyl (C=O) groups excluding carboxylic acids is 2. The zero-order chi connectivity index (χ0) is 14.3. The molecule has 1 aliphatic rings. The van der Waals surface area contributed by atoms with E-state index in [9.17, 15) is 14.4 Å². The van der Waals surface area contributed by atoms with Crippen molar-refractivity contribution in [2.75, 3.05) is 20.1 Å². The standard InChI is InChI=1S/C12H21N3O4/c1-13-10(16)6-7-14-12(19)15-8-4-2-3-5-9(15)11(17)18/h9H,2-8H2,1H3,(H,13,16)(H,14,19)(H,17,18). The van der Waals surface area contributed by atoms with Crippen molar-refractivity contribution in [2.45, 2.75) is 38.1 Å². The fourth-order valence-corrected chi connectivity index (χ4v) is 2.12. The third kappa shape index (κ3) is 4.76. The monoisotopic (exact) mass is 271 g/mol. The first-order valence-electron chi connectivity index (χ1n) is 6.54. The minimum atomic E-state index is -0.969. The summed E-state index contributed by atoms with van der Waals surface area (Å²) >= 11 is 0. The molecule has 0 bridgehead atoms. The lowest BCUT2D eigenvalue weighted by Crippen LogP contribution is -2.49. The van der Waals surface area contributed by atoms with E-state index < -0.39 is 18.0 Å². The molecule has 108 valence electrons. The number of hydrogen-bond donors (Lipinski definition) is 3. The Balaban J connectivity index is 2.51. The Morgan fingerprint density at radius 2 is 2.00 bits per heavy atom. The number of carboxylic acids is 1. The van der Waals surface area contributed by atoms with Gasteiger partial charge in [0.25, 0.3) is 0 Å². The third-order valence-electron chi connectivity index (χ3n) is 3.21. The fourth-order valence-electron chi connectivity index (χ4n) is 2.12. The summed E-state index contributed by atoms with van der Waals surface area (Å²) in [5.41, 5.74) is 0. The molecule has 0 aromatic heterocycles. The summed E-state index contributed by atoms with van der Waals surface area (Å²) in [5.74, 6) is -1.13. The van der Waals surface area contributed by atoms with Gasteiger partial charge in [-0.3, -0.25) is 4.79 Å². The second-order valence-electron chi connectivity index (χ2n) is 4.55. The molecule has 1 saturated heterocycles. The van der Waals surface area contributed by atoms with E-state index in [2.05, 4.69) is 10.6 Å². The number of hydrogen-bond acceptors (Lipinski definition) is 3. The molecule has 1 unspecified atom stereocenters. The van der Waals surface area contributed by atoms with E-state index in [0.29, 0.717) is 13.0 Å². The predicted molar refractivity (Wildman–Crippen MR) is 68.7 cm³/mol. The average Bonchev–Trinajstić information content (AvgIpc) is 2.63. The fraction of sp³-hybridized carbons (Fsp3) is 0.750. The van der Waals surface area contributed by atoms with Crippen molar-refractivity contribution in [2.24, 2.45) is 0 Å². The Hall–Kier alpha value is -1.79. The first-order valence-corrected chi connectivity index (χ1v) is 6.54. The van der Waals surface area contributed by atoms with Crippen LogP contribution in [0.15, 0.2) is 0 Å². The smallest absolute Gasteiger partial charge is 0.326 e. The quantitative estimate of drug-likeness (QED) is 0.678. The van der Waals surface area contributed by atoms with Crippen LogP contribution < -0.4 is 10.6 Å². The topological polar surface area (TPSA) is 98.7 Å². The molecule has 0 aromatic carbocycles. The number of carboxylic acid groups (broad SMARTS) is 1. The van der Waals surface area contributed by atoms with Gasteiger partial charge in [-0.1, -0.05) is 12.8 Å². The average molecular weight is 271 g/mol. The molecule has 0 aromatic rings. The second kappa shape index (κ2) is 7.60. The van der Waals surface area contributed by atoms with E-state index in [1.54, 1.807) is 0 Å². The molecule has 1 aliphatic heterocycles. The largest absolute Gasteiger partial charge is 0.480 e. The zero-order valence-corrected chi connectivity index (χ0v) is 11.1. The summed E-state index contributed by atoms with van der Waals surface area (Å²) < 4.78 is 0. The summed E-state index contributed by atoms with van der Waals surface area (Å²) in [6.07, 6.45) is 3.24. The number of carbonyl (C=O) groups is 3. The van der Waals surface area contributed by atoms with Gasteiger partial charge in [0.2, 0.25) is 5.91 Å². The molecule has 3 N–H and O–H groups in total. The zero-order valence-electron chi connectivity index (χ0n) is 11.1. The first kappa shape index (κ1) is 15.3. The summed E-state index contributed by atoms with van der Waals surface area (Å²) in [6.45, 7) is 0.657. The van der Waals surface area contributed by atoms with Crippen molar-refractivity contribution in [3.63, 3.8) is 0 Å². The number of aliphatic carboxylic acids is 1. The van der Waals surface area contributed by atoms with E-state index >= 15 is 0 Å². The molecule has 0 spiro atoms. The number of amides is 3. The minimum Gasteiger partial charge on any atom is -0.480 e. The molecular weight excluding hydrogens is 250 g/mol. The molecule has 3 amide bonds. The van der Waals surface area contributed by atoms with Gasteiger partial charge >= 0.3 is 12.0 Å². The van der Waals surface area contributed by atoms with Gasteiger partial charge in [0.05, 0.1) is 0 Å². The van der Waals surface area contributed by atoms with Crippen LogP contribution in [0, 0.1) is 0 Å². The van der Waals surface area contributed by atoms with Gasteiger partial charge in [0.1, 0.15) is 6.04 Å². The van der Waals surface area contributed by atoms with E-state index in [0.717, 1.165) is 19.3 Å². The summed E-state index contributed by atoms with van der Waals surface area (Å²) in [7, 11) is 1.53. The lowest BCUT2D eigenvalue weighted by Gasteiger charge is -2.27. The molecule has 0 saturated carbocycles. The minimum absolute atomic E-state index is 0.161. The number of likely N-dealkylation sites (tertiary alicyclic amines) is 1. The highest BCUT2D eigenvalue weighted by atomic mass is 16.4. The van der Waals surface area contributed by atoms with E-state index in [-0.39, 0.29) is 18.9 Å². The van der Waals surface area contributed by atoms with Crippen LogP contribution in [0.4, 0.5) is 4.79 Å². The van der Waals surface area contributed by atoms with Crippen LogP contribution in [0.5, 0.6) is 0 Å². The Bertz CT molecular complexity index is 346. The van der Waals surface area contributed by atoms with Crippen LogP contribution in [-0.2, 0) is 9.59 Å². The van der Waals surface area contributed by atoms with Crippen LogP contribution in [-0.4, -0.2) is 54.1 Å². The van der Waals surface area contributed by atoms with Crippen LogP contribution in [0.25, 0.3) is 0 Å². The van der Waals surface area contributed by atoms with Gasteiger partial charge in [0, 0.05) is 26.6 Å². The van der Waals surface area contributed by atoms with Crippen LogP contribution in [0.1, 0.15) is 32.1 Å². The highest BCUT2D eigenvalue weighted by molar-refractivity contribution is 5.83. The molecule has 1 rings (SSSR count). The molecule has 0 aliphatic carbocycles. The summed E-state index contributed by atoms with van der Waals surface area (Å²) in [5, 5.41) is 14.2. The summed E-state index contributed by atoms with van der Waals surface area (Å²) in [6, 6.07) is -1.17. The number of rotatable bonds is 4. The second-order valence-corrected chi connectivity index (χ2v) is 4.55. The van der Waals surface area contributed by atoms with Crippen molar-refractivity contribution < 1.29 is 19.5 Å². The van der Waals surface area contributed by atoms with Crippen molar-refractivity contribution in [3.05, 3.63) is 0 Å². The van der Waals surface area contributed by atoms with Crippen molar-refractivity contribution >= 4 is 17.9 Å². The maximum Gasteiger partial charge on any atom is 0.326 e. The van der Waals surface area contributed by atoms with Crippen LogP contribution >= 0.6 is 0 Å². The Morgan fingerprint density at radius 3 is 2.63 bits per heavy atom. The molecule has 0 radical (unpaired) electrons. The number of nitrogens with one attached hydrogen (secondary N) is 2. The van der Waals surface area contributed by atoms with Crippen LogP contribution in [0.2, 0.25) is 0 Å². The lowest BCUT2D eigenvalue weighted by atomic mass is 10.1. The molecule has 19 heavy (non-hydrogen) atoms. The molecule has 7 heteroatoms. The van der Waals surface area contributed by atoms with Gasteiger partial charge in [-0.15, -0.1) is 0 Å². The molecular formula is C12H21N3O4. The predicted octanol–water partition coefficient (Wildman–Crippen LogP) is 0.161. The van der Waals surface area contributed by atoms with Crippen molar-refractivity contribution in [1.82, 2.24) is 15.5 Å². The third-order valence-corrected chi connectivity index (χ3v) is 3.21. The normalized spacial score (nSPS) is 19.4. The Labute approximate surface area is 112 Å². The Morgan fingerprint density at radius 1 is 1.26 bits per heavy atom. The van der Waals surface area contributed by atoms with Gasteiger partial charge < -0.3 is 20.6 Å². The molecule has 1 heterocycles. The lowest BCUT2D eigenvalue weighted by molar-refractivity contribution is -0.142. The van der Waals surface area contributed by atoms with Gasteiger partial charge in [0.15, 0.2) is 0 Å².